The maximum Gasteiger partial charge on any atom is 0.338 e. The molecule has 1 heterocycles. The normalized spacial score (nSPS) is 16.8. The van der Waals surface area contributed by atoms with Gasteiger partial charge in [0.05, 0.1) is 11.7 Å². The molecule has 6 nitrogen and oxygen atoms in total. The Labute approximate surface area is 171 Å². The molecule has 29 heavy (non-hydrogen) atoms. The second-order valence-electron chi connectivity index (χ2n) is 7.16. The second kappa shape index (κ2) is 10.6. The fraction of sp³-hybridized carbons (Fsp3) is 0.391. The minimum absolute atomic E-state index is 0.141. The molecule has 0 unspecified atom stereocenters. The SMILES string of the molecule is C[C@@H](CNC(=O)COC(=O)c1ccc(OC[C@H]2CCCO2)cc1)c1ccccc1. The zero-order valence-corrected chi connectivity index (χ0v) is 16.6. The fourth-order valence-electron chi connectivity index (χ4n) is 3.08. The summed E-state index contributed by atoms with van der Waals surface area (Å²) in [4.78, 5) is 24.1. The first kappa shape index (κ1) is 20.9. The standard InChI is InChI=1S/C23H27NO5/c1-17(18-6-3-2-4-7-18)14-24-22(25)16-29-23(26)19-9-11-20(12-10-19)28-15-21-8-5-13-27-21/h2-4,6-7,9-12,17,21H,5,8,13-16H2,1H3,(H,24,25)/t17-,21+/m0/s1. The Kier molecular flexibility index (Phi) is 7.64. The van der Waals surface area contributed by atoms with Gasteiger partial charge in [0, 0.05) is 13.2 Å². The van der Waals surface area contributed by atoms with E-state index in [0.29, 0.717) is 24.5 Å². The van der Waals surface area contributed by atoms with Crippen molar-refractivity contribution in [1.29, 1.82) is 0 Å². The summed E-state index contributed by atoms with van der Waals surface area (Å²) >= 11 is 0. The van der Waals surface area contributed by atoms with Gasteiger partial charge in [0.15, 0.2) is 6.61 Å². The summed E-state index contributed by atoms with van der Waals surface area (Å²) in [5, 5.41) is 2.79. The Bertz CT molecular complexity index is 785. The maximum atomic E-state index is 12.1. The van der Waals surface area contributed by atoms with Crippen LogP contribution < -0.4 is 10.1 Å². The summed E-state index contributed by atoms with van der Waals surface area (Å²) in [5.41, 5.74) is 1.52. The van der Waals surface area contributed by atoms with Crippen LogP contribution >= 0.6 is 0 Å². The number of esters is 1. The van der Waals surface area contributed by atoms with E-state index in [-0.39, 0.29) is 24.5 Å². The van der Waals surface area contributed by atoms with Crippen molar-refractivity contribution in [2.45, 2.75) is 31.8 Å². The van der Waals surface area contributed by atoms with Gasteiger partial charge in [-0.05, 0) is 48.6 Å². The van der Waals surface area contributed by atoms with E-state index in [2.05, 4.69) is 5.32 Å². The van der Waals surface area contributed by atoms with Gasteiger partial charge >= 0.3 is 5.97 Å². The number of hydrogen-bond acceptors (Lipinski definition) is 5. The summed E-state index contributed by atoms with van der Waals surface area (Å²) in [6, 6.07) is 16.6. The van der Waals surface area contributed by atoms with Crippen LogP contribution in [0.2, 0.25) is 0 Å². The summed E-state index contributed by atoms with van der Waals surface area (Å²) < 4.78 is 16.3. The summed E-state index contributed by atoms with van der Waals surface area (Å²) in [6.45, 7) is 3.50. The first-order valence-electron chi connectivity index (χ1n) is 9.95. The highest BCUT2D eigenvalue weighted by atomic mass is 16.5. The van der Waals surface area contributed by atoms with E-state index in [1.54, 1.807) is 24.3 Å². The number of hydrogen-bond donors (Lipinski definition) is 1. The van der Waals surface area contributed by atoms with Crippen molar-refractivity contribution in [3.8, 4) is 5.75 Å². The molecule has 1 saturated heterocycles. The molecule has 1 N–H and O–H groups in total. The highest BCUT2D eigenvalue weighted by molar-refractivity contribution is 5.91. The quantitative estimate of drug-likeness (QED) is 0.657. The molecular weight excluding hydrogens is 370 g/mol. The van der Waals surface area contributed by atoms with Gasteiger partial charge < -0.3 is 19.5 Å². The second-order valence-corrected chi connectivity index (χ2v) is 7.16. The van der Waals surface area contributed by atoms with E-state index in [1.807, 2.05) is 37.3 Å². The topological polar surface area (TPSA) is 73.9 Å². The molecule has 1 aliphatic rings. The van der Waals surface area contributed by atoms with Crippen molar-refractivity contribution < 1.29 is 23.8 Å². The maximum absolute atomic E-state index is 12.1. The number of nitrogens with one attached hydrogen (secondary N) is 1. The van der Waals surface area contributed by atoms with Crippen molar-refractivity contribution in [2.24, 2.45) is 0 Å². The molecule has 2 atom stereocenters. The molecule has 0 radical (unpaired) electrons. The molecule has 0 aromatic heterocycles. The molecule has 6 heteroatoms. The number of amides is 1. The number of benzene rings is 2. The van der Waals surface area contributed by atoms with Gasteiger partial charge in [-0.1, -0.05) is 37.3 Å². The van der Waals surface area contributed by atoms with Crippen LogP contribution in [-0.4, -0.2) is 44.3 Å². The van der Waals surface area contributed by atoms with E-state index in [4.69, 9.17) is 14.2 Å². The van der Waals surface area contributed by atoms with E-state index in [0.717, 1.165) is 25.0 Å². The molecule has 0 saturated carbocycles. The molecule has 0 aliphatic carbocycles. The van der Waals surface area contributed by atoms with Crippen LogP contribution in [0.25, 0.3) is 0 Å². The Morgan fingerprint density at radius 2 is 1.90 bits per heavy atom. The first-order valence-corrected chi connectivity index (χ1v) is 9.95. The number of carbonyl (C=O) groups excluding carboxylic acids is 2. The van der Waals surface area contributed by atoms with E-state index in [9.17, 15) is 9.59 Å². The lowest BCUT2D eigenvalue weighted by Gasteiger charge is -2.13. The van der Waals surface area contributed by atoms with E-state index in [1.165, 1.54) is 0 Å². The molecule has 0 bridgehead atoms. The lowest BCUT2D eigenvalue weighted by molar-refractivity contribution is -0.124. The van der Waals surface area contributed by atoms with E-state index < -0.39 is 5.97 Å². The van der Waals surface area contributed by atoms with Crippen LogP contribution in [0.15, 0.2) is 54.6 Å². The van der Waals surface area contributed by atoms with Gasteiger partial charge in [-0.3, -0.25) is 4.79 Å². The molecule has 154 valence electrons. The van der Waals surface area contributed by atoms with Gasteiger partial charge in [0.25, 0.3) is 5.91 Å². The minimum atomic E-state index is -0.540. The predicted molar refractivity (Wildman–Crippen MR) is 109 cm³/mol. The minimum Gasteiger partial charge on any atom is -0.491 e. The van der Waals surface area contributed by atoms with Gasteiger partial charge in [-0.25, -0.2) is 4.79 Å². The highest BCUT2D eigenvalue weighted by Crippen LogP contribution is 2.17. The molecule has 1 amide bonds. The number of ether oxygens (including phenoxy) is 3. The van der Waals surface area contributed by atoms with Crippen molar-refractivity contribution in [3.63, 3.8) is 0 Å². The van der Waals surface area contributed by atoms with Crippen molar-refractivity contribution in [2.75, 3.05) is 26.4 Å². The smallest absolute Gasteiger partial charge is 0.338 e. The van der Waals surface area contributed by atoms with Gasteiger partial charge in [0.2, 0.25) is 0 Å². The van der Waals surface area contributed by atoms with Crippen LogP contribution in [-0.2, 0) is 14.3 Å². The zero-order valence-electron chi connectivity index (χ0n) is 16.6. The Morgan fingerprint density at radius 3 is 2.59 bits per heavy atom. The Morgan fingerprint density at radius 1 is 1.14 bits per heavy atom. The Hall–Kier alpha value is -2.86. The van der Waals surface area contributed by atoms with Crippen LogP contribution in [0.5, 0.6) is 5.75 Å². The summed E-state index contributed by atoms with van der Waals surface area (Å²) in [5.74, 6) is -0.0118. The molecule has 1 aliphatic heterocycles. The van der Waals surface area contributed by atoms with E-state index >= 15 is 0 Å². The van der Waals surface area contributed by atoms with Gasteiger partial charge in [-0.2, -0.15) is 0 Å². The van der Waals surface area contributed by atoms with Gasteiger partial charge in [0.1, 0.15) is 12.4 Å². The highest BCUT2D eigenvalue weighted by Gasteiger charge is 2.16. The molecule has 3 rings (SSSR count). The zero-order chi connectivity index (χ0) is 20.5. The average molecular weight is 397 g/mol. The third-order valence-corrected chi connectivity index (χ3v) is 4.86. The van der Waals surface area contributed by atoms with Crippen LogP contribution in [0, 0.1) is 0 Å². The lowest BCUT2D eigenvalue weighted by atomic mass is 10.0. The lowest BCUT2D eigenvalue weighted by Crippen LogP contribution is -2.31. The molecule has 2 aromatic carbocycles. The molecule has 1 fully saturated rings. The third-order valence-electron chi connectivity index (χ3n) is 4.86. The van der Waals surface area contributed by atoms with Crippen molar-refractivity contribution >= 4 is 11.9 Å². The number of carbonyl (C=O) groups is 2. The van der Waals surface area contributed by atoms with Crippen molar-refractivity contribution in [3.05, 3.63) is 65.7 Å². The van der Waals surface area contributed by atoms with Crippen molar-refractivity contribution in [1.82, 2.24) is 5.32 Å². The fourth-order valence-corrected chi connectivity index (χ4v) is 3.08. The average Bonchev–Trinajstić information content (AvgIpc) is 3.29. The van der Waals surface area contributed by atoms with Crippen LogP contribution in [0.1, 0.15) is 41.6 Å². The summed E-state index contributed by atoms with van der Waals surface area (Å²) in [7, 11) is 0. The van der Waals surface area contributed by atoms with Gasteiger partial charge in [-0.15, -0.1) is 0 Å². The number of rotatable bonds is 9. The largest absolute Gasteiger partial charge is 0.491 e. The predicted octanol–water partition coefficient (Wildman–Crippen LogP) is 3.32. The molecule has 0 spiro atoms. The van der Waals surface area contributed by atoms with Crippen LogP contribution in [0.4, 0.5) is 0 Å². The first-order chi connectivity index (χ1) is 14.1. The van der Waals surface area contributed by atoms with Crippen LogP contribution in [0.3, 0.4) is 0 Å². The Balaban J connectivity index is 1.37. The summed E-state index contributed by atoms with van der Waals surface area (Å²) in [6.07, 6.45) is 2.22. The third kappa shape index (κ3) is 6.61. The molecule has 2 aromatic rings. The monoisotopic (exact) mass is 397 g/mol. The molecular formula is C23H27NO5.